The zero-order chi connectivity index (χ0) is 24.1. The van der Waals surface area contributed by atoms with E-state index in [9.17, 15) is 18.0 Å². The summed E-state index contributed by atoms with van der Waals surface area (Å²) in [6, 6.07) is 19.5. The standard InChI is InChI=1S/C25H27N3O5S/c1-2-33-25(30)27-22-10-8-21(9-11-22)26-24(29)19-13-15-28(16-14-19)34(31,32)23-12-7-18-5-3-4-6-20(18)17-23/h3-12,17,19H,2,13-16H2,1H3,(H,26,29)(H,27,30). The molecular formula is C25H27N3O5S. The Labute approximate surface area is 199 Å². The first-order valence-electron chi connectivity index (χ1n) is 11.2. The van der Waals surface area contributed by atoms with Crippen molar-refractivity contribution in [2.45, 2.75) is 24.7 Å². The highest BCUT2D eigenvalue weighted by molar-refractivity contribution is 7.89. The number of nitrogens with zero attached hydrogens (tertiary/aromatic N) is 1. The molecule has 0 atom stereocenters. The highest BCUT2D eigenvalue weighted by Crippen LogP contribution is 2.27. The molecule has 0 saturated carbocycles. The number of hydrogen-bond donors (Lipinski definition) is 2. The minimum Gasteiger partial charge on any atom is -0.450 e. The number of rotatable bonds is 6. The van der Waals surface area contributed by atoms with E-state index in [0.717, 1.165) is 10.8 Å². The molecule has 0 spiro atoms. The van der Waals surface area contributed by atoms with E-state index in [4.69, 9.17) is 4.74 Å². The van der Waals surface area contributed by atoms with Gasteiger partial charge in [-0.2, -0.15) is 4.31 Å². The van der Waals surface area contributed by atoms with Crippen molar-refractivity contribution in [2.75, 3.05) is 30.3 Å². The van der Waals surface area contributed by atoms with Crippen molar-refractivity contribution in [3.05, 3.63) is 66.7 Å². The third-order valence-corrected chi connectivity index (χ3v) is 7.75. The van der Waals surface area contributed by atoms with Gasteiger partial charge in [0.2, 0.25) is 15.9 Å². The lowest BCUT2D eigenvalue weighted by Gasteiger charge is -2.30. The molecular weight excluding hydrogens is 454 g/mol. The van der Waals surface area contributed by atoms with Crippen molar-refractivity contribution in [1.82, 2.24) is 4.31 Å². The molecule has 0 aliphatic carbocycles. The van der Waals surface area contributed by atoms with Crippen LogP contribution >= 0.6 is 0 Å². The third kappa shape index (κ3) is 5.37. The van der Waals surface area contributed by atoms with Gasteiger partial charge in [0.05, 0.1) is 11.5 Å². The van der Waals surface area contributed by atoms with Crippen molar-refractivity contribution in [3.63, 3.8) is 0 Å². The van der Waals surface area contributed by atoms with Crippen LogP contribution in [0.25, 0.3) is 10.8 Å². The molecule has 1 aliphatic rings. The monoisotopic (exact) mass is 481 g/mol. The average molecular weight is 482 g/mol. The molecule has 4 rings (SSSR count). The molecule has 2 N–H and O–H groups in total. The molecule has 1 saturated heterocycles. The third-order valence-electron chi connectivity index (χ3n) is 5.86. The predicted molar refractivity (Wildman–Crippen MR) is 131 cm³/mol. The van der Waals surface area contributed by atoms with E-state index < -0.39 is 16.1 Å². The van der Waals surface area contributed by atoms with Gasteiger partial charge in [-0.3, -0.25) is 10.1 Å². The summed E-state index contributed by atoms with van der Waals surface area (Å²) in [6.45, 7) is 2.58. The van der Waals surface area contributed by atoms with Crippen LogP contribution < -0.4 is 10.6 Å². The molecule has 9 heteroatoms. The molecule has 8 nitrogen and oxygen atoms in total. The van der Waals surface area contributed by atoms with Gasteiger partial charge in [-0.15, -0.1) is 0 Å². The number of carbonyl (C=O) groups is 2. The van der Waals surface area contributed by atoms with Gasteiger partial charge in [-0.05, 0) is 66.9 Å². The van der Waals surface area contributed by atoms with Gasteiger partial charge < -0.3 is 10.1 Å². The van der Waals surface area contributed by atoms with Crippen LogP contribution in [0.3, 0.4) is 0 Å². The van der Waals surface area contributed by atoms with E-state index in [2.05, 4.69) is 10.6 Å². The number of fused-ring (bicyclic) bond motifs is 1. The second kappa shape index (κ2) is 10.2. The van der Waals surface area contributed by atoms with Gasteiger partial charge in [0, 0.05) is 30.4 Å². The highest BCUT2D eigenvalue weighted by atomic mass is 32.2. The normalized spacial score (nSPS) is 15.1. The number of ether oxygens (including phenoxy) is 1. The van der Waals surface area contributed by atoms with E-state index in [0.29, 0.717) is 24.2 Å². The lowest BCUT2D eigenvalue weighted by Crippen LogP contribution is -2.41. The fraction of sp³-hybridized carbons (Fsp3) is 0.280. The predicted octanol–water partition coefficient (Wildman–Crippen LogP) is 4.45. The first-order valence-corrected chi connectivity index (χ1v) is 12.6. The molecule has 1 heterocycles. The fourth-order valence-corrected chi connectivity index (χ4v) is 5.51. The van der Waals surface area contributed by atoms with E-state index in [1.165, 1.54) is 4.31 Å². The molecule has 0 aromatic heterocycles. The second-order valence-corrected chi connectivity index (χ2v) is 10.0. The maximum Gasteiger partial charge on any atom is 0.411 e. The summed E-state index contributed by atoms with van der Waals surface area (Å²) < 4.78 is 32.6. The SMILES string of the molecule is CCOC(=O)Nc1ccc(NC(=O)C2CCN(S(=O)(=O)c3ccc4ccccc4c3)CC2)cc1. The Hall–Kier alpha value is -3.43. The molecule has 1 aliphatic heterocycles. The number of piperidine rings is 1. The number of carbonyl (C=O) groups excluding carboxylic acids is 2. The van der Waals surface area contributed by atoms with Crippen LogP contribution in [0.15, 0.2) is 71.6 Å². The van der Waals surface area contributed by atoms with Crippen molar-refractivity contribution < 1.29 is 22.7 Å². The molecule has 1 fully saturated rings. The molecule has 0 radical (unpaired) electrons. The lowest BCUT2D eigenvalue weighted by molar-refractivity contribution is -0.120. The van der Waals surface area contributed by atoms with Gasteiger partial charge in [-0.1, -0.05) is 30.3 Å². The van der Waals surface area contributed by atoms with Crippen molar-refractivity contribution in [2.24, 2.45) is 5.92 Å². The number of sulfonamides is 1. The van der Waals surface area contributed by atoms with E-state index in [1.54, 1.807) is 43.3 Å². The zero-order valence-electron chi connectivity index (χ0n) is 18.9. The van der Waals surface area contributed by atoms with Crippen molar-refractivity contribution in [3.8, 4) is 0 Å². The van der Waals surface area contributed by atoms with Gasteiger partial charge in [0.15, 0.2) is 0 Å². The summed E-state index contributed by atoms with van der Waals surface area (Å²) in [5.74, 6) is -0.422. The number of nitrogens with one attached hydrogen (secondary N) is 2. The lowest BCUT2D eigenvalue weighted by atomic mass is 9.97. The second-order valence-electron chi connectivity index (χ2n) is 8.10. The Kier molecular flexibility index (Phi) is 7.14. The smallest absolute Gasteiger partial charge is 0.411 e. The summed E-state index contributed by atoms with van der Waals surface area (Å²) >= 11 is 0. The first kappa shape index (κ1) is 23.7. The first-order chi connectivity index (χ1) is 16.4. The van der Waals surface area contributed by atoms with Crippen molar-refractivity contribution >= 4 is 44.2 Å². The van der Waals surface area contributed by atoms with Gasteiger partial charge >= 0.3 is 6.09 Å². The quantitative estimate of drug-likeness (QED) is 0.541. The van der Waals surface area contributed by atoms with E-state index >= 15 is 0 Å². The topological polar surface area (TPSA) is 105 Å². The Bertz CT molecular complexity index is 1280. The van der Waals surface area contributed by atoms with Crippen LogP contribution in [0.1, 0.15) is 19.8 Å². The molecule has 3 aromatic carbocycles. The number of hydrogen-bond acceptors (Lipinski definition) is 5. The van der Waals surface area contributed by atoms with Gasteiger partial charge in [0.1, 0.15) is 0 Å². The van der Waals surface area contributed by atoms with E-state index in [1.807, 2.05) is 30.3 Å². The van der Waals surface area contributed by atoms with Crippen molar-refractivity contribution in [1.29, 1.82) is 0 Å². The maximum atomic E-state index is 13.1. The minimum absolute atomic E-state index is 0.145. The van der Waals surface area contributed by atoms with Crippen LogP contribution in [0, 0.1) is 5.92 Å². The summed E-state index contributed by atoms with van der Waals surface area (Å²) in [5, 5.41) is 7.33. The Morgan fingerprint density at radius 2 is 1.53 bits per heavy atom. The fourth-order valence-electron chi connectivity index (χ4n) is 4.00. The number of amides is 2. The minimum atomic E-state index is -3.62. The summed E-state index contributed by atoms with van der Waals surface area (Å²) in [7, 11) is -3.62. The molecule has 3 aromatic rings. The summed E-state index contributed by atoms with van der Waals surface area (Å²) in [6.07, 6.45) is 0.354. The number of anilines is 2. The Balaban J connectivity index is 1.33. The van der Waals surface area contributed by atoms with Crippen LogP contribution in [0.5, 0.6) is 0 Å². The molecule has 34 heavy (non-hydrogen) atoms. The van der Waals surface area contributed by atoms with Gasteiger partial charge in [0.25, 0.3) is 0 Å². The van der Waals surface area contributed by atoms with Gasteiger partial charge in [-0.25, -0.2) is 13.2 Å². The maximum absolute atomic E-state index is 13.1. The van der Waals surface area contributed by atoms with Crippen LogP contribution in [0.2, 0.25) is 0 Å². The molecule has 0 bridgehead atoms. The Morgan fingerprint density at radius 3 is 2.18 bits per heavy atom. The largest absolute Gasteiger partial charge is 0.450 e. The van der Waals surface area contributed by atoms with Crippen LogP contribution in [0.4, 0.5) is 16.2 Å². The highest BCUT2D eigenvalue weighted by Gasteiger charge is 2.32. The van der Waals surface area contributed by atoms with E-state index in [-0.39, 0.29) is 36.4 Å². The molecule has 178 valence electrons. The van der Waals surface area contributed by atoms with Crippen LogP contribution in [-0.2, 0) is 19.6 Å². The van der Waals surface area contributed by atoms with Crippen LogP contribution in [-0.4, -0.2) is 44.4 Å². The zero-order valence-corrected chi connectivity index (χ0v) is 19.7. The summed E-state index contributed by atoms with van der Waals surface area (Å²) in [4.78, 5) is 24.5. The molecule has 2 amide bonds. The Morgan fingerprint density at radius 1 is 0.912 bits per heavy atom. The summed E-state index contributed by atoms with van der Waals surface area (Å²) in [5.41, 5.74) is 1.16. The average Bonchev–Trinajstić information content (AvgIpc) is 2.85. The molecule has 0 unspecified atom stereocenters. The number of benzene rings is 3.